The number of hydrogen-bond donors (Lipinski definition) is 1. The lowest BCUT2D eigenvalue weighted by Gasteiger charge is -2.40. The molecule has 104 valence electrons. The van der Waals surface area contributed by atoms with Gasteiger partial charge in [0.2, 0.25) is 0 Å². The Kier molecular flexibility index (Phi) is 4.14. The van der Waals surface area contributed by atoms with Crippen molar-refractivity contribution in [1.29, 1.82) is 0 Å². The minimum atomic E-state index is 0.231. The van der Waals surface area contributed by atoms with Gasteiger partial charge in [-0.2, -0.15) is 0 Å². The number of benzene rings is 2. The number of likely N-dealkylation sites (tertiary alicyclic amines) is 1. The molecule has 2 nitrogen and oxygen atoms in total. The molecule has 0 spiro atoms. The molecule has 0 saturated carbocycles. The first kappa shape index (κ1) is 13.3. The van der Waals surface area contributed by atoms with Gasteiger partial charge in [-0.25, -0.2) is 0 Å². The highest BCUT2D eigenvalue weighted by atomic mass is 15.2. The summed E-state index contributed by atoms with van der Waals surface area (Å²) in [6.07, 6.45) is 2.31. The van der Waals surface area contributed by atoms with Gasteiger partial charge < -0.3 is 5.73 Å². The Morgan fingerprint density at radius 3 is 2.30 bits per heavy atom. The maximum atomic E-state index is 6.41. The predicted octanol–water partition coefficient (Wildman–Crippen LogP) is 3.35. The molecule has 2 N–H and O–H groups in total. The van der Waals surface area contributed by atoms with Crippen molar-refractivity contribution >= 4 is 0 Å². The van der Waals surface area contributed by atoms with Crippen LogP contribution < -0.4 is 5.73 Å². The van der Waals surface area contributed by atoms with Crippen molar-refractivity contribution in [2.24, 2.45) is 5.73 Å². The van der Waals surface area contributed by atoms with Gasteiger partial charge in [-0.1, -0.05) is 60.7 Å². The van der Waals surface area contributed by atoms with Crippen LogP contribution in [-0.2, 0) is 6.54 Å². The summed E-state index contributed by atoms with van der Waals surface area (Å²) < 4.78 is 0. The zero-order chi connectivity index (χ0) is 13.8. The van der Waals surface area contributed by atoms with E-state index in [2.05, 4.69) is 65.6 Å². The van der Waals surface area contributed by atoms with Crippen LogP contribution in [0.1, 0.15) is 30.0 Å². The summed E-state index contributed by atoms with van der Waals surface area (Å²) in [6.45, 7) is 2.11. The van der Waals surface area contributed by atoms with Crippen LogP contribution in [0.25, 0.3) is 0 Å². The molecule has 0 radical (unpaired) electrons. The number of rotatable bonds is 3. The average molecular weight is 266 g/mol. The van der Waals surface area contributed by atoms with Crippen LogP contribution in [0.4, 0.5) is 0 Å². The molecule has 1 heterocycles. The van der Waals surface area contributed by atoms with Gasteiger partial charge in [0.05, 0.1) is 6.04 Å². The van der Waals surface area contributed by atoms with Gasteiger partial charge in [0.25, 0.3) is 0 Å². The van der Waals surface area contributed by atoms with E-state index >= 15 is 0 Å². The van der Waals surface area contributed by atoms with E-state index < -0.39 is 0 Å². The van der Waals surface area contributed by atoms with Gasteiger partial charge in [-0.15, -0.1) is 0 Å². The zero-order valence-corrected chi connectivity index (χ0v) is 11.8. The summed E-state index contributed by atoms with van der Waals surface area (Å²) in [7, 11) is 0. The van der Waals surface area contributed by atoms with Crippen molar-refractivity contribution in [3.63, 3.8) is 0 Å². The van der Waals surface area contributed by atoms with E-state index in [1.54, 1.807) is 0 Å². The summed E-state index contributed by atoms with van der Waals surface area (Å²) in [5.74, 6) is 0. The quantitative estimate of drug-likeness (QED) is 0.923. The smallest absolute Gasteiger partial charge is 0.0502 e. The predicted molar refractivity (Wildman–Crippen MR) is 83.2 cm³/mol. The van der Waals surface area contributed by atoms with Crippen molar-refractivity contribution in [1.82, 2.24) is 4.90 Å². The Morgan fingerprint density at radius 1 is 0.950 bits per heavy atom. The summed E-state index contributed by atoms with van der Waals surface area (Å²) in [5, 5.41) is 0. The van der Waals surface area contributed by atoms with Gasteiger partial charge in [0.1, 0.15) is 0 Å². The van der Waals surface area contributed by atoms with E-state index in [1.165, 1.54) is 17.5 Å². The maximum absolute atomic E-state index is 6.41. The summed E-state index contributed by atoms with van der Waals surface area (Å²) in [5.41, 5.74) is 9.12. The van der Waals surface area contributed by atoms with Crippen LogP contribution in [0.15, 0.2) is 60.7 Å². The molecule has 0 aromatic heterocycles. The third-order valence-corrected chi connectivity index (χ3v) is 4.15. The second-order valence-electron chi connectivity index (χ2n) is 5.62. The van der Waals surface area contributed by atoms with Gasteiger partial charge in [-0.3, -0.25) is 4.90 Å². The molecule has 1 fully saturated rings. The lowest BCUT2D eigenvalue weighted by atomic mass is 9.90. The molecular formula is C18H22N2. The van der Waals surface area contributed by atoms with Crippen molar-refractivity contribution < 1.29 is 0 Å². The van der Waals surface area contributed by atoms with Crippen LogP contribution >= 0.6 is 0 Å². The van der Waals surface area contributed by atoms with Crippen molar-refractivity contribution in [2.45, 2.75) is 31.5 Å². The third kappa shape index (κ3) is 2.92. The fourth-order valence-electron chi connectivity index (χ4n) is 3.20. The molecule has 2 unspecified atom stereocenters. The first-order valence-corrected chi connectivity index (χ1v) is 7.43. The Morgan fingerprint density at radius 2 is 1.60 bits per heavy atom. The summed E-state index contributed by atoms with van der Waals surface area (Å²) >= 11 is 0. The highest BCUT2D eigenvalue weighted by molar-refractivity contribution is 5.22. The van der Waals surface area contributed by atoms with Crippen molar-refractivity contribution in [2.75, 3.05) is 6.54 Å². The van der Waals surface area contributed by atoms with Gasteiger partial charge in [-0.05, 0) is 30.5 Å². The molecule has 2 aromatic carbocycles. The lowest BCUT2D eigenvalue weighted by Crippen LogP contribution is -2.45. The molecule has 1 saturated heterocycles. The first-order valence-electron chi connectivity index (χ1n) is 7.43. The third-order valence-electron chi connectivity index (χ3n) is 4.15. The summed E-state index contributed by atoms with van der Waals surface area (Å²) in [4.78, 5) is 2.53. The second-order valence-corrected chi connectivity index (χ2v) is 5.62. The van der Waals surface area contributed by atoms with Gasteiger partial charge in [0.15, 0.2) is 0 Å². The van der Waals surface area contributed by atoms with E-state index in [0.717, 1.165) is 19.5 Å². The standard InChI is InChI=1S/C18H22N2/c19-17-12-7-13-20(14-15-8-3-1-4-9-15)18(17)16-10-5-2-6-11-16/h1-6,8-11,17-18H,7,12-14,19H2. The minimum absolute atomic E-state index is 0.231. The van der Waals surface area contributed by atoms with Crippen LogP contribution in [0.2, 0.25) is 0 Å². The lowest BCUT2D eigenvalue weighted by molar-refractivity contribution is 0.120. The number of nitrogens with zero attached hydrogens (tertiary/aromatic N) is 1. The molecule has 0 bridgehead atoms. The molecule has 1 aliphatic heterocycles. The molecule has 3 rings (SSSR count). The molecule has 2 heteroatoms. The Balaban J connectivity index is 1.83. The number of piperidine rings is 1. The van der Waals surface area contributed by atoms with Crippen LogP contribution in [0.3, 0.4) is 0 Å². The monoisotopic (exact) mass is 266 g/mol. The van der Waals surface area contributed by atoms with Crippen LogP contribution in [0, 0.1) is 0 Å². The van der Waals surface area contributed by atoms with E-state index in [4.69, 9.17) is 5.73 Å². The average Bonchev–Trinajstić information content (AvgIpc) is 2.49. The van der Waals surface area contributed by atoms with E-state index in [1.807, 2.05) is 0 Å². The molecule has 1 aliphatic rings. The number of nitrogens with two attached hydrogens (primary N) is 1. The van der Waals surface area contributed by atoms with Crippen molar-refractivity contribution in [3.8, 4) is 0 Å². The highest BCUT2D eigenvalue weighted by Gasteiger charge is 2.29. The normalized spacial score (nSPS) is 23.6. The molecule has 20 heavy (non-hydrogen) atoms. The van der Waals surface area contributed by atoms with Crippen LogP contribution in [-0.4, -0.2) is 17.5 Å². The SMILES string of the molecule is NC1CCCN(Cc2ccccc2)C1c1ccccc1. The minimum Gasteiger partial charge on any atom is -0.326 e. The van der Waals surface area contributed by atoms with Crippen LogP contribution in [0.5, 0.6) is 0 Å². The van der Waals surface area contributed by atoms with E-state index in [0.29, 0.717) is 6.04 Å². The Labute approximate surface area is 121 Å². The Hall–Kier alpha value is -1.64. The number of hydrogen-bond acceptors (Lipinski definition) is 2. The van der Waals surface area contributed by atoms with E-state index in [9.17, 15) is 0 Å². The fourth-order valence-corrected chi connectivity index (χ4v) is 3.20. The fraction of sp³-hybridized carbons (Fsp3) is 0.333. The summed E-state index contributed by atoms with van der Waals surface area (Å²) in [6, 6.07) is 21.9. The molecule has 2 atom stereocenters. The van der Waals surface area contributed by atoms with Crippen molar-refractivity contribution in [3.05, 3.63) is 71.8 Å². The zero-order valence-electron chi connectivity index (χ0n) is 11.8. The molecule has 2 aromatic rings. The first-order chi connectivity index (χ1) is 9.84. The topological polar surface area (TPSA) is 29.3 Å². The molecule has 0 aliphatic carbocycles. The molecule has 0 amide bonds. The highest BCUT2D eigenvalue weighted by Crippen LogP contribution is 2.31. The van der Waals surface area contributed by atoms with E-state index in [-0.39, 0.29) is 6.04 Å². The van der Waals surface area contributed by atoms with Gasteiger partial charge in [0, 0.05) is 12.6 Å². The Bertz CT molecular complexity index is 524. The van der Waals surface area contributed by atoms with Gasteiger partial charge >= 0.3 is 0 Å². The second kappa shape index (κ2) is 6.21. The molecular weight excluding hydrogens is 244 g/mol. The largest absolute Gasteiger partial charge is 0.326 e. The maximum Gasteiger partial charge on any atom is 0.0502 e.